The molecule has 0 aromatic rings. The molecule has 0 fully saturated rings. The average molecular weight is 204 g/mol. The van der Waals surface area contributed by atoms with Gasteiger partial charge in [0.15, 0.2) is 0 Å². The minimum atomic E-state index is -0.0318. The van der Waals surface area contributed by atoms with Crippen molar-refractivity contribution in [3.8, 4) is 0 Å². The zero-order chi connectivity index (χ0) is 8.81. The van der Waals surface area contributed by atoms with Crippen LogP contribution in [0.25, 0.3) is 0 Å². The van der Waals surface area contributed by atoms with Gasteiger partial charge in [-0.25, -0.2) is 0 Å². The molecule has 1 unspecified atom stereocenters. The first-order valence-corrected chi connectivity index (χ1v) is 4.37. The van der Waals surface area contributed by atoms with E-state index in [1.54, 1.807) is 0 Å². The molecule has 0 heterocycles. The summed E-state index contributed by atoms with van der Waals surface area (Å²) in [4.78, 5) is 10.5. The molecule has 0 spiro atoms. The van der Waals surface area contributed by atoms with Crippen molar-refractivity contribution >= 4 is 44.0 Å². The molecule has 68 valence electrons. The van der Waals surface area contributed by atoms with Crippen LogP contribution in [0.1, 0.15) is 19.8 Å². The van der Waals surface area contributed by atoms with E-state index in [0.717, 1.165) is 19.1 Å². The molecule has 0 radical (unpaired) electrons. The van der Waals surface area contributed by atoms with Crippen LogP contribution >= 0.6 is 0 Å². The van der Waals surface area contributed by atoms with Gasteiger partial charge in [0.05, 0.1) is 5.92 Å². The number of aldehydes is 1. The molecule has 0 aromatic heterocycles. The first kappa shape index (κ1) is 13.1. The predicted molar refractivity (Wildman–Crippen MR) is 59.4 cm³/mol. The first-order valence-electron chi connectivity index (χ1n) is 4.37. The van der Waals surface area contributed by atoms with Crippen LogP contribution in [0.3, 0.4) is 0 Å². The van der Waals surface area contributed by atoms with Gasteiger partial charge in [0.25, 0.3) is 0 Å². The number of hydrogen-bond donors (Lipinski definition) is 0. The summed E-state index contributed by atoms with van der Waals surface area (Å²) in [6, 6.07) is 0. The SMILES string of the molecule is CCCC1=CC=CC(C=O)C=C1.[CaH2]. The van der Waals surface area contributed by atoms with Gasteiger partial charge in [0.2, 0.25) is 0 Å². The average Bonchev–Trinajstić information content (AvgIpc) is 2.31. The van der Waals surface area contributed by atoms with E-state index >= 15 is 0 Å². The number of rotatable bonds is 3. The fourth-order valence-corrected chi connectivity index (χ4v) is 1.21. The normalized spacial score (nSPS) is 20.1. The van der Waals surface area contributed by atoms with Crippen molar-refractivity contribution < 1.29 is 4.79 Å². The minimum absolute atomic E-state index is 0. The fourth-order valence-electron chi connectivity index (χ4n) is 1.21. The molecular formula is C11H16CaO. The van der Waals surface area contributed by atoms with E-state index in [0.29, 0.717) is 0 Å². The monoisotopic (exact) mass is 204 g/mol. The Balaban J connectivity index is 0.00000144. The van der Waals surface area contributed by atoms with E-state index in [1.165, 1.54) is 5.57 Å². The Kier molecular flexibility index (Phi) is 7.63. The second kappa shape index (κ2) is 7.54. The molecule has 0 aliphatic heterocycles. The van der Waals surface area contributed by atoms with Gasteiger partial charge in [-0.05, 0) is 12.0 Å². The summed E-state index contributed by atoms with van der Waals surface area (Å²) < 4.78 is 0. The van der Waals surface area contributed by atoms with Crippen molar-refractivity contribution in [1.82, 2.24) is 0 Å². The van der Waals surface area contributed by atoms with Gasteiger partial charge in [-0.2, -0.15) is 0 Å². The second-order valence-corrected chi connectivity index (χ2v) is 2.95. The third-order valence-electron chi connectivity index (χ3n) is 1.87. The summed E-state index contributed by atoms with van der Waals surface area (Å²) in [7, 11) is 0. The van der Waals surface area contributed by atoms with Crippen molar-refractivity contribution in [2.75, 3.05) is 0 Å². The maximum atomic E-state index is 10.5. The molecule has 0 bridgehead atoms. The van der Waals surface area contributed by atoms with Crippen LogP contribution in [-0.4, -0.2) is 44.0 Å². The topological polar surface area (TPSA) is 17.1 Å². The van der Waals surface area contributed by atoms with Crippen LogP contribution in [0.5, 0.6) is 0 Å². The quantitative estimate of drug-likeness (QED) is 0.505. The Morgan fingerprint density at radius 1 is 1.46 bits per heavy atom. The number of allylic oxidation sites excluding steroid dienone is 6. The fraction of sp³-hybridized carbons (Fsp3) is 0.364. The predicted octanol–water partition coefficient (Wildman–Crippen LogP) is 1.74. The molecule has 1 aliphatic rings. The Labute approximate surface area is 110 Å². The van der Waals surface area contributed by atoms with E-state index in [4.69, 9.17) is 0 Å². The van der Waals surface area contributed by atoms with Gasteiger partial charge in [-0.1, -0.05) is 43.7 Å². The third-order valence-corrected chi connectivity index (χ3v) is 1.87. The number of carbonyl (C=O) groups is 1. The molecule has 0 saturated carbocycles. The van der Waals surface area contributed by atoms with E-state index in [2.05, 4.69) is 13.0 Å². The Bertz CT molecular complexity index is 238. The van der Waals surface area contributed by atoms with Crippen LogP contribution in [0, 0.1) is 5.92 Å². The van der Waals surface area contributed by atoms with Crippen LogP contribution in [0.4, 0.5) is 0 Å². The first-order chi connectivity index (χ1) is 5.86. The summed E-state index contributed by atoms with van der Waals surface area (Å²) in [6.07, 6.45) is 13.1. The van der Waals surface area contributed by atoms with Gasteiger partial charge in [-0.3, -0.25) is 0 Å². The summed E-state index contributed by atoms with van der Waals surface area (Å²) in [5.74, 6) is -0.0318. The zero-order valence-corrected chi connectivity index (χ0v) is 7.36. The molecule has 1 rings (SSSR count). The van der Waals surface area contributed by atoms with Gasteiger partial charge >= 0.3 is 37.7 Å². The zero-order valence-electron chi connectivity index (χ0n) is 7.36. The van der Waals surface area contributed by atoms with Gasteiger partial charge in [-0.15, -0.1) is 0 Å². The third kappa shape index (κ3) is 4.80. The molecular weight excluding hydrogens is 188 g/mol. The van der Waals surface area contributed by atoms with Crippen molar-refractivity contribution in [1.29, 1.82) is 0 Å². The van der Waals surface area contributed by atoms with Crippen molar-refractivity contribution in [2.45, 2.75) is 19.8 Å². The van der Waals surface area contributed by atoms with Crippen molar-refractivity contribution in [2.24, 2.45) is 5.92 Å². The second-order valence-electron chi connectivity index (χ2n) is 2.95. The summed E-state index contributed by atoms with van der Waals surface area (Å²) in [5, 5.41) is 0. The van der Waals surface area contributed by atoms with Crippen LogP contribution < -0.4 is 0 Å². The standard InChI is InChI=1S/C11H14O.Ca.2H/c1-2-4-10-5-3-6-11(9-12)8-7-10;;;/h3,5-9,11H,2,4H2,1H3;;;. The molecule has 1 aliphatic carbocycles. The summed E-state index contributed by atoms with van der Waals surface area (Å²) >= 11 is 0. The Morgan fingerprint density at radius 3 is 2.85 bits per heavy atom. The van der Waals surface area contributed by atoms with Crippen molar-refractivity contribution in [3.05, 3.63) is 36.0 Å². The van der Waals surface area contributed by atoms with E-state index in [9.17, 15) is 4.79 Å². The Hall–Kier alpha value is 0.150. The molecule has 13 heavy (non-hydrogen) atoms. The molecule has 1 atom stereocenters. The molecule has 0 saturated heterocycles. The molecule has 2 heteroatoms. The van der Waals surface area contributed by atoms with Gasteiger partial charge in [0, 0.05) is 0 Å². The molecule has 0 amide bonds. The van der Waals surface area contributed by atoms with E-state index in [1.807, 2.05) is 24.3 Å². The summed E-state index contributed by atoms with van der Waals surface area (Å²) in [6.45, 7) is 2.15. The van der Waals surface area contributed by atoms with Gasteiger partial charge < -0.3 is 4.79 Å². The summed E-state index contributed by atoms with van der Waals surface area (Å²) in [5.41, 5.74) is 1.30. The van der Waals surface area contributed by atoms with Crippen LogP contribution in [0.2, 0.25) is 0 Å². The van der Waals surface area contributed by atoms with E-state index < -0.39 is 0 Å². The van der Waals surface area contributed by atoms with Crippen LogP contribution in [0.15, 0.2) is 36.0 Å². The molecule has 0 N–H and O–H groups in total. The van der Waals surface area contributed by atoms with Gasteiger partial charge in [0.1, 0.15) is 6.29 Å². The van der Waals surface area contributed by atoms with Crippen LogP contribution in [-0.2, 0) is 4.79 Å². The maximum absolute atomic E-state index is 10.5. The Morgan fingerprint density at radius 2 is 2.23 bits per heavy atom. The number of hydrogen-bond acceptors (Lipinski definition) is 1. The molecule has 1 nitrogen and oxygen atoms in total. The van der Waals surface area contributed by atoms with E-state index in [-0.39, 0.29) is 43.7 Å². The number of carbonyl (C=O) groups excluding carboxylic acids is 1. The van der Waals surface area contributed by atoms with Crippen molar-refractivity contribution in [3.63, 3.8) is 0 Å². The molecule has 0 aromatic carbocycles.